The zero-order valence-corrected chi connectivity index (χ0v) is 23.3. The quantitative estimate of drug-likeness (QED) is 0.438. The van der Waals surface area contributed by atoms with Crippen LogP contribution < -0.4 is 10.6 Å². The van der Waals surface area contributed by atoms with Gasteiger partial charge in [-0.05, 0) is 43.4 Å². The standard InChI is InChI=1S/C30H36ClN3O5/c1-4-18(2)22(17-35)34-25(27(37)33-21-13-9-8-12-20(21)31)30-15-14-29(3,39-30)23(24(30)28(34)38)26(36)32-16-19-10-6-5-7-11-19/h5-13,18,22-25,35H,4,14-17H2,1-3H3,(H,32,36)(H,33,37)/t18-,22-,23+,24-,25?,29-,30?/m0/s1. The number of amides is 3. The number of fused-ring (bicyclic) bond motifs is 1. The van der Waals surface area contributed by atoms with Crippen molar-refractivity contribution in [2.75, 3.05) is 11.9 Å². The molecule has 3 saturated heterocycles. The van der Waals surface area contributed by atoms with Gasteiger partial charge in [-0.3, -0.25) is 14.4 Å². The molecule has 7 atom stereocenters. The Kier molecular flexibility index (Phi) is 7.48. The number of nitrogens with zero attached hydrogens (tertiary/aromatic N) is 1. The van der Waals surface area contributed by atoms with Gasteiger partial charge in [-0.15, -0.1) is 0 Å². The van der Waals surface area contributed by atoms with Crippen LogP contribution in [0.1, 0.15) is 45.6 Å². The molecule has 2 aromatic rings. The number of benzene rings is 2. The number of ether oxygens (including phenoxy) is 1. The molecule has 8 nitrogen and oxygen atoms in total. The van der Waals surface area contributed by atoms with Gasteiger partial charge in [-0.2, -0.15) is 0 Å². The van der Waals surface area contributed by atoms with Gasteiger partial charge >= 0.3 is 0 Å². The fraction of sp³-hybridized carbons (Fsp3) is 0.500. The van der Waals surface area contributed by atoms with Gasteiger partial charge in [0.2, 0.25) is 17.7 Å². The van der Waals surface area contributed by atoms with E-state index < -0.39 is 41.0 Å². The molecule has 9 heteroatoms. The molecule has 0 aromatic heterocycles. The third-order valence-corrected chi connectivity index (χ3v) is 9.36. The topological polar surface area (TPSA) is 108 Å². The lowest BCUT2D eigenvalue weighted by atomic mass is 9.66. The number of carbonyl (C=O) groups is 3. The Balaban J connectivity index is 1.52. The minimum absolute atomic E-state index is 0.0806. The zero-order chi connectivity index (χ0) is 27.9. The smallest absolute Gasteiger partial charge is 0.250 e. The minimum atomic E-state index is -1.19. The van der Waals surface area contributed by atoms with Crippen LogP contribution in [0.15, 0.2) is 54.6 Å². The highest BCUT2D eigenvalue weighted by atomic mass is 35.5. The van der Waals surface area contributed by atoms with Crippen LogP contribution in [0.25, 0.3) is 0 Å². The van der Waals surface area contributed by atoms with E-state index in [4.69, 9.17) is 16.3 Å². The first-order chi connectivity index (χ1) is 18.7. The van der Waals surface area contributed by atoms with Crippen molar-refractivity contribution in [1.82, 2.24) is 10.2 Å². The van der Waals surface area contributed by atoms with E-state index in [0.717, 1.165) is 5.56 Å². The van der Waals surface area contributed by atoms with E-state index in [1.165, 1.54) is 4.90 Å². The van der Waals surface area contributed by atoms with Crippen LogP contribution in [0.4, 0.5) is 5.69 Å². The Labute approximate surface area is 234 Å². The predicted octanol–water partition coefficient (Wildman–Crippen LogP) is 3.77. The maximum atomic E-state index is 14.3. The van der Waals surface area contributed by atoms with E-state index in [0.29, 0.717) is 36.5 Å². The number of anilines is 1. The number of rotatable bonds is 9. The van der Waals surface area contributed by atoms with Gasteiger partial charge in [-0.1, -0.05) is 74.3 Å². The summed E-state index contributed by atoms with van der Waals surface area (Å²) in [4.78, 5) is 43.6. The summed E-state index contributed by atoms with van der Waals surface area (Å²) in [6.45, 7) is 5.82. The Bertz CT molecular complexity index is 1260. The second-order valence-corrected chi connectivity index (χ2v) is 11.7. The van der Waals surface area contributed by atoms with E-state index in [9.17, 15) is 19.5 Å². The molecule has 2 aromatic carbocycles. The lowest BCUT2D eigenvalue weighted by Gasteiger charge is -2.39. The van der Waals surface area contributed by atoms with Gasteiger partial charge in [0, 0.05) is 6.54 Å². The maximum absolute atomic E-state index is 14.3. The molecule has 2 bridgehead atoms. The highest BCUT2D eigenvalue weighted by molar-refractivity contribution is 6.33. The number of hydrogen-bond acceptors (Lipinski definition) is 5. The van der Waals surface area contributed by atoms with Crippen molar-refractivity contribution in [2.24, 2.45) is 17.8 Å². The molecule has 2 unspecified atom stereocenters. The summed E-state index contributed by atoms with van der Waals surface area (Å²) in [6, 6.07) is 14.9. The number of hydrogen-bond donors (Lipinski definition) is 3. The molecule has 39 heavy (non-hydrogen) atoms. The summed E-state index contributed by atoms with van der Waals surface area (Å²) in [7, 11) is 0. The summed E-state index contributed by atoms with van der Waals surface area (Å²) in [5.41, 5.74) is -0.701. The van der Waals surface area contributed by atoms with Crippen LogP contribution in [-0.2, 0) is 25.7 Å². The van der Waals surface area contributed by atoms with E-state index in [1.54, 1.807) is 24.3 Å². The van der Waals surface area contributed by atoms with Gasteiger partial charge < -0.3 is 25.4 Å². The van der Waals surface area contributed by atoms with E-state index in [2.05, 4.69) is 10.6 Å². The molecule has 3 N–H and O–H groups in total. The van der Waals surface area contributed by atoms with Gasteiger partial charge in [0.05, 0.1) is 40.8 Å². The van der Waals surface area contributed by atoms with Gasteiger partial charge in [0.25, 0.3) is 0 Å². The first-order valence-electron chi connectivity index (χ1n) is 13.7. The lowest BCUT2D eigenvalue weighted by molar-refractivity contribution is -0.149. The minimum Gasteiger partial charge on any atom is -0.394 e. The zero-order valence-electron chi connectivity index (χ0n) is 22.5. The summed E-state index contributed by atoms with van der Waals surface area (Å²) < 4.78 is 6.67. The summed E-state index contributed by atoms with van der Waals surface area (Å²) in [5.74, 6) is -2.71. The SMILES string of the molecule is CC[C@H](C)[C@H](CO)N1C(=O)[C@@H]2[C@H](C(=O)NCc3ccccc3)[C@]3(C)CCC2(O3)C1C(=O)Nc1ccccc1Cl. The average Bonchev–Trinajstić information content (AvgIpc) is 3.50. The summed E-state index contributed by atoms with van der Waals surface area (Å²) in [5, 5.41) is 16.7. The molecule has 1 spiro atoms. The number of para-hydroxylation sites is 1. The maximum Gasteiger partial charge on any atom is 0.250 e. The van der Waals surface area contributed by atoms with Crippen LogP contribution in [0, 0.1) is 17.8 Å². The predicted molar refractivity (Wildman–Crippen MR) is 148 cm³/mol. The van der Waals surface area contributed by atoms with E-state index >= 15 is 0 Å². The van der Waals surface area contributed by atoms with Crippen LogP contribution in [0.5, 0.6) is 0 Å². The monoisotopic (exact) mass is 553 g/mol. The summed E-state index contributed by atoms with van der Waals surface area (Å²) >= 11 is 6.34. The Morgan fingerprint density at radius 3 is 2.49 bits per heavy atom. The highest BCUT2D eigenvalue weighted by Gasteiger charge is 2.78. The number of nitrogens with one attached hydrogen (secondary N) is 2. The second-order valence-electron chi connectivity index (χ2n) is 11.3. The molecular formula is C30H36ClN3O5. The van der Waals surface area contributed by atoms with Gasteiger partial charge in [-0.25, -0.2) is 0 Å². The number of aliphatic hydroxyl groups excluding tert-OH is 1. The molecule has 3 heterocycles. The fourth-order valence-corrected chi connectivity index (χ4v) is 7.08. The lowest BCUT2D eigenvalue weighted by Crippen LogP contribution is -2.57. The number of halogens is 1. The largest absolute Gasteiger partial charge is 0.394 e. The van der Waals surface area contributed by atoms with E-state index in [-0.39, 0.29) is 24.3 Å². The molecule has 0 radical (unpaired) electrons. The molecule has 208 valence electrons. The summed E-state index contributed by atoms with van der Waals surface area (Å²) in [6.07, 6.45) is 1.69. The Hall–Kier alpha value is -2.94. The van der Waals surface area contributed by atoms with Crippen molar-refractivity contribution in [3.63, 3.8) is 0 Å². The first-order valence-corrected chi connectivity index (χ1v) is 14.0. The van der Waals surface area contributed by atoms with E-state index in [1.807, 2.05) is 51.1 Å². The third kappa shape index (κ3) is 4.52. The number of likely N-dealkylation sites (tertiary alicyclic amines) is 1. The van der Waals surface area contributed by atoms with Gasteiger partial charge in [0.15, 0.2) is 0 Å². The van der Waals surface area contributed by atoms with Crippen LogP contribution in [0.3, 0.4) is 0 Å². The van der Waals surface area contributed by atoms with Crippen molar-refractivity contribution in [3.8, 4) is 0 Å². The second kappa shape index (κ2) is 10.6. The molecule has 3 fully saturated rings. The van der Waals surface area contributed by atoms with Crippen molar-refractivity contribution in [2.45, 2.75) is 69.9 Å². The van der Waals surface area contributed by atoms with Crippen molar-refractivity contribution >= 4 is 35.0 Å². The first kappa shape index (κ1) is 27.6. The van der Waals surface area contributed by atoms with Crippen LogP contribution >= 0.6 is 11.6 Å². The molecular weight excluding hydrogens is 518 g/mol. The van der Waals surface area contributed by atoms with Crippen LogP contribution in [-0.4, -0.2) is 57.6 Å². The normalized spacial score (nSPS) is 30.6. The Morgan fingerprint density at radius 2 is 1.82 bits per heavy atom. The van der Waals surface area contributed by atoms with Gasteiger partial charge in [0.1, 0.15) is 11.6 Å². The fourth-order valence-electron chi connectivity index (χ4n) is 6.89. The molecule has 0 aliphatic carbocycles. The molecule has 3 amide bonds. The van der Waals surface area contributed by atoms with Crippen molar-refractivity contribution in [3.05, 3.63) is 65.2 Å². The molecule has 3 aliphatic heterocycles. The third-order valence-electron chi connectivity index (χ3n) is 9.03. The van der Waals surface area contributed by atoms with Crippen molar-refractivity contribution in [1.29, 1.82) is 0 Å². The molecule has 5 rings (SSSR count). The number of carbonyl (C=O) groups excluding carboxylic acids is 3. The van der Waals surface area contributed by atoms with Crippen molar-refractivity contribution < 1.29 is 24.2 Å². The van der Waals surface area contributed by atoms with Crippen LogP contribution in [0.2, 0.25) is 5.02 Å². The molecule has 3 aliphatic rings. The highest BCUT2D eigenvalue weighted by Crippen LogP contribution is 2.63. The molecule has 0 saturated carbocycles. The average molecular weight is 554 g/mol. The number of aliphatic hydroxyl groups is 1. The Morgan fingerprint density at radius 1 is 1.13 bits per heavy atom.